The number of hydrogen-bond acceptors (Lipinski definition) is 3. The Bertz CT molecular complexity index is 837. The maximum absolute atomic E-state index is 13.8. The first-order chi connectivity index (χ1) is 13.9. The maximum atomic E-state index is 13.8. The first-order valence-electron chi connectivity index (χ1n) is 9.26. The smallest absolute Gasteiger partial charge is 0.311 e. The first-order valence-corrected chi connectivity index (χ1v) is 9.26. The molecule has 156 valence electrons. The molecule has 2 unspecified atom stereocenters. The summed E-state index contributed by atoms with van der Waals surface area (Å²) in [7, 11) is 0. The Morgan fingerprint density at radius 3 is 2.17 bits per heavy atom. The van der Waals surface area contributed by atoms with Crippen LogP contribution in [-0.2, 0) is 16.0 Å². The predicted octanol–water partition coefficient (Wildman–Crippen LogP) is 5.11. The van der Waals surface area contributed by atoms with E-state index in [0.29, 0.717) is 19.4 Å². The van der Waals surface area contributed by atoms with Crippen LogP contribution in [0.5, 0.6) is 5.75 Å². The second kappa shape index (κ2) is 9.35. The summed E-state index contributed by atoms with van der Waals surface area (Å²) >= 11 is 0. The molecule has 1 heterocycles. The average Bonchev–Trinajstić information content (AvgIpc) is 2.75. The zero-order valence-electron chi connectivity index (χ0n) is 15.4. The highest BCUT2D eigenvalue weighted by Gasteiger charge is 2.31. The van der Waals surface area contributed by atoms with Crippen molar-refractivity contribution in [2.45, 2.75) is 38.2 Å². The van der Waals surface area contributed by atoms with Crippen LogP contribution < -0.4 is 4.74 Å². The van der Waals surface area contributed by atoms with E-state index in [0.717, 1.165) is 18.4 Å². The van der Waals surface area contributed by atoms with Crippen molar-refractivity contribution in [1.29, 1.82) is 0 Å². The van der Waals surface area contributed by atoms with Gasteiger partial charge >= 0.3 is 5.97 Å². The molecule has 0 radical (unpaired) electrons. The SMILES string of the molecule is O=C(CC(Cc1ccccc1)C1CCCCO1)Oc1c(F)c(F)c(F)c(F)c1F. The van der Waals surface area contributed by atoms with Crippen molar-refractivity contribution >= 4 is 5.97 Å². The summed E-state index contributed by atoms with van der Waals surface area (Å²) in [4.78, 5) is 12.3. The van der Waals surface area contributed by atoms with Gasteiger partial charge in [0.2, 0.25) is 34.8 Å². The van der Waals surface area contributed by atoms with E-state index in [4.69, 9.17) is 4.74 Å². The van der Waals surface area contributed by atoms with Gasteiger partial charge in [0, 0.05) is 6.61 Å². The third kappa shape index (κ3) is 4.93. The molecule has 0 spiro atoms. The van der Waals surface area contributed by atoms with Gasteiger partial charge in [-0.3, -0.25) is 4.79 Å². The Morgan fingerprint density at radius 1 is 0.966 bits per heavy atom. The van der Waals surface area contributed by atoms with Crippen LogP contribution in [0.15, 0.2) is 30.3 Å². The lowest BCUT2D eigenvalue weighted by Crippen LogP contribution is -2.32. The van der Waals surface area contributed by atoms with Crippen molar-refractivity contribution in [3.63, 3.8) is 0 Å². The van der Waals surface area contributed by atoms with Crippen LogP contribution in [0.3, 0.4) is 0 Å². The Kier molecular flexibility index (Phi) is 6.84. The Labute approximate surface area is 164 Å². The maximum Gasteiger partial charge on any atom is 0.311 e. The van der Waals surface area contributed by atoms with Gasteiger partial charge in [0.1, 0.15) is 0 Å². The highest BCUT2D eigenvalue weighted by Crippen LogP contribution is 2.31. The summed E-state index contributed by atoms with van der Waals surface area (Å²) in [6.07, 6.45) is 2.38. The van der Waals surface area contributed by atoms with Crippen LogP contribution in [0.4, 0.5) is 22.0 Å². The number of esters is 1. The van der Waals surface area contributed by atoms with Crippen molar-refractivity contribution in [1.82, 2.24) is 0 Å². The van der Waals surface area contributed by atoms with Crippen LogP contribution >= 0.6 is 0 Å². The summed E-state index contributed by atoms with van der Waals surface area (Å²) in [5.74, 6) is -14.0. The molecule has 3 nitrogen and oxygen atoms in total. The van der Waals surface area contributed by atoms with Gasteiger partial charge in [-0.2, -0.15) is 8.78 Å². The highest BCUT2D eigenvalue weighted by atomic mass is 19.2. The van der Waals surface area contributed by atoms with Crippen LogP contribution in [-0.4, -0.2) is 18.7 Å². The Hall–Kier alpha value is -2.48. The summed E-state index contributed by atoms with van der Waals surface area (Å²) in [6.45, 7) is 0.530. The molecular weight excluding hydrogens is 395 g/mol. The van der Waals surface area contributed by atoms with E-state index in [2.05, 4.69) is 4.74 Å². The van der Waals surface area contributed by atoms with Crippen LogP contribution in [0.25, 0.3) is 0 Å². The van der Waals surface area contributed by atoms with Crippen molar-refractivity contribution in [3.8, 4) is 5.75 Å². The molecular formula is C21H19F5O3. The molecule has 0 aromatic heterocycles. The number of ether oxygens (including phenoxy) is 2. The summed E-state index contributed by atoms with van der Waals surface area (Å²) in [6, 6.07) is 9.24. The molecule has 0 N–H and O–H groups in total. The van der Waals surface area contributed by atoms with E-state index in [9.17, 15) is 26.7 Å². The third-order valence-corrected chi connectivity index (χ3v) is 4.90. The van der Waals surface area contributed by atoms with Gasteiger partial charge in [-0.25, -0.2) is 13.2 Å². The number of carbonyl (C=O) groups is 1. The zero-order valence-corrected chi connectivity index (χ0v) is 15.4. The predicted molar refractivity (Wildman–Crippen MR) is 93.7 cm³/mol. The average molecular weight is 414 g/mol. The first kappa shape index (κ1) is 21.2. The van der Waals surface area contributed by atoms with E-state index < -0.39 is 40.8 Å². The topological polar surface area (TPSA) is 35.5 Å². The van der Waals surface area contributed by atoms with Gasteiger partial charge in [-0.1, -0.05) is 30.3 Å². The zero-order chi connectivity index (χ0) is 21.0. The monoisotopic (exact) mass is 414 g/mol. The summed E-state index contributed by atoms with van der Waals surface area (Å²) in [5, 5.41) is 0. The molecule has 0 amide bonds. The molecule has 3 rings (SSSR count). The van der Waals surface area contributed by atoms with Crippen molar-refractivity contribution < 1.29 is 36.2 Å². The molecule has 2 atom stereocenters. The van der Waals surface area contributed by atoms with Crippen molar-refractivity contribution in [2.24, 2.45) is 5.92 Å². The minimum Gasteiger partial charge on any atom is -0.420 e. The number of hydrogen-bond donors (Lipinski definition) is 0. The molecule has 0 saturated carbocycles. The molecule has 1 aliphatic heterocycles. The Balaban J connectivity index is 1.78. The van der Waals surface area contributed by atoms with Crippen LogP contribution in [0, 0.1) is 35.0 Å². The van der Waals surface area contributed by atoms with Crippen LogP contribution in [0.1, 0.15) is 31.2 Å². The fourth-order valence-electron chi connectivity index (χ4n) is 3.43. The second-order valence-electron chi connectivity index (χ2n) is 6.93. The quantitative estimate of drug-likeness (QED) is 0.217. The lowest BCUT2D eigenvalue weighted by Gasteiger charge is -2.30. The molecule has 0 aliphatic carbocycles. The van der Waals surface area contributed by atoms with Gasteiger partial charge in [0.05, 0.1) is 12.5 Å². The fraction of sp³-hybridized carbons (Fsp3) is 0.381. The molecule has 0 bridgehead atoms. The lowest BCUT2D eigenvalue weighted by atomic mass is 9.87. The summed E-state index contributed by atoms with van der Waals surface area (Å²) in [5.41, 5.74) is 0.927. The van der Waals surface area contributed by atoms with Gasteiger partial charge in [-0.15, -0.1) is 0 Å². The minimum absolute atomic E-state index is 0.270. The van der Waals surface area contributed by atoms with Crippen LogP contribution in [0.2, 0.25) is 0 Å². The number of halogens is 5. The van der Waals surface area contributed by atoms with E-state index in [1.807, 2.05) is 30.3 Å². The standard InChI is InChI=1S/C21H19F5O3/c22-16-17(23)19(25)21(20(26)18(16)24)29-15(27)11-13(14-8-4-5-9-28-14)10-12-6-2-1-3-7-12/h1-3,6-7,13-14H,4-5,8-11H2. The van der Waals surface area contributed by atoms with Gasteiger partial charge in [0.25, 0.3) is 0 Å². The highest BCUT2D eigenvalue weighted by molar-refractivity contribution is 5.73. The van der Waals surface area contributed by atoms with E-state index in [1.165, 1.54) is 0 Å². The number of carbonyl (C=O) groups excluding carboxylic acids is 1. The molecule has 1 saturated heterocycles. The minimum atomic E-state index is -2.31. The van der Waals surface area contributed by atoms with E-state index in [-0.39, 0.29) is 18.4 Å². The molecule has 2 aromatic carbocycles. The Morgan fingerprint density at radius 2 is 1.59 bits per heavy atom. The molecule has 29 heavy (non-hydrogen) atoms. The molecule has 2 aromatic rings. The lowest BCUT2D eigenvalue weighted by molar-refractivity contribution is -0.138. The van der Waals surface area contributed by atoms with Crippen molar-refractivity contribution in [3.05, 3.63) is 65.0 Å². The third-order valence-electron chi connectivity index (χ3n) is 4.90. The normalized spacial score (nSPS) is 17.8. The fourth-order valence-corrected chi connectivity index (χ4v) is 3.43. The van der Waals surface area contributed by atoms with E-state index >= 15 is 0 Å². The molecule has 1 fully saturated rings. The second-order valence-corrected chi connectivity index (χ2v) is 6.93. The summed E-state index contributed by atoms with van der Waals surface area (Å²) < 4.78 is 77.6. The van der Waals surface area contributed by atoms with Gasteiger partial charge in [0.15, 0.2) is 0 Å². The largest absolute Gasteiger partial charge is 0.420 e. The van der Waals surface area contributed by atoms with Crippen molar-refractivity contribution in [2.75, 3.05) is 6.61 Å². The molecule has 1 aliphatic rings. The number of benzene rings is 2. The molecule has 8 heteroatoms. The number of rotatable bonds is 6. The van der Waals surface area contributed by atoms with E-state index in [1.54, 1.807) is 0 Å². The van der Waals surface area contributed by atoms with Gasteiger partial charge in [-0.05, 0) is 37.2 Å². The van der Waals surface area contributed by atoms with Gasteiger partial charge < -0.3 is 9.47 Å².